The van der Waals surface area contributed by atoms with Gasteiger partial charge in [-0.1, -0.05) is 48.5 Å². The van der Waals surface area contributed by atoms with Gasteiger partial charge >= 0.3 is 5.97 Å². The number of amides is 1. The molecule has 1 aliphatic heterocycles. The molecule has 36 heavy (non-hydrogen) atoms. The van der Waals surface area contributed by atoms with Crippen molar-refractivity contribution in [3.05, 3.63) is 94.8 Å². The van der Waals surface area contributed by atoms with Gasteiger partial charge in [-0.25, -0.2) is 4.98 Å². The molecule has 0 fully saturated rings. The number of ether oxygens (including phenoxy) is 3. The molecule has 3 aromatic carbocycles. The number of carbonyl (C=O) groups excluding carboxylic acids is 2. The second kappa shape index (κ2) is 11.0. The molecule has 0 radical (unpaired) electrons. The normalized spacial score (nSPS) is 12.6. The summed E-state index contributed by atoms with van der Waals surface area (Å²) in [7, 11) is 0. The van der Waals surface area contributed by atoms with Gasteiger partial charge in [0.25, 0.3) is 5.91 Å². The van der Waals surface area contributed by atoms with E-state index in [9.17, 15) is 9.59 Å². The Morgan fingerprint density at radius 1 is 1.00 bits per heavy atom. The third kappa shape index (κ3) is 5.72. The number of esters is 1. The summed E-state index contributed by atoms with van der Waals surface area (Å²) >= 11 is 1.59. The number of benzene rings is 3. The fourth-order valence-electron chi connectivity index (χ4n) is 3.84. The van der Waals surface area contributed by atoms with E-state index < -0.39 is 5.97 Å². The van der Waals surface area contributed by atoms with Crippen LogP contribution in [-0.2, 0) is 20.7 Å². The number of hydrogen-bond acceptors (Lipinski definition) is 7. The fourth-order valence-corrected chi connectivity index (χ4v) is 4.67. The molecule has 4 aromatic rings. The fraction of sp³-hybridized carbons (Fsp3) is 0.179. The van der Waals surface area contributed by atoms with Crippen molar-refractivity contribution in [1.29, 1.82) is 0 Å². The first-order chi connectivity index (χ1) is 17.7. The van der Waals surface area contributed by atoms with Crippen molar-refractivity contribution in [3.8, 4) is 22.8 Å². The Balaban J connectivity index is 1.24. The van der Waals surface area contributed by atoms with E-state index in [0.717, 1.165) is 22.7 Å². The van der Waals surface area contributed by atoms with Gasteiger partial charge in [0, 0.05) is 17.4 Å². The second-order valence-corrected chi connectivity index (χ2v) is 9.06. The van der Waals surface area contributed by atoms with Gasteiger partial charge < -0.3 is 14.2 Å². The van der Waals surface area contributed by atoms with Crippen molar-refractivity contribution >= 4 is 28.9 Å². The topological polar surface area (TPSA) is 78.0 Å². The lowest BCUT2D eigenvalue weighted by Gasteiger charge is -2.29. The zero-order valence-electron chi connectivity index (χ0n) is 19.5. The number of fused-ring (bicyclic) bond motifs is 1. The average molecular weight is 501 g/mol. The standard InChI is InChI=1S/C28H24N2O5S/c31-27-18-35-25-12-11-21(23-19-36-26(29-23)15-20-7-3-1-4-8-20)16-24(25)30(27)17-28(32)34-14-13-33-22-9-5-2-6-10-22/h1-12,16,19H,13-15,17-18H2. The molecule has 0 spiro atoms. The molecule has 0 N–H and O–H groups in total. The van der Waals surface area contributed by atoms with Crippen LogP contribution in [0.15, 0.2) is 84.2 Å². The summed E-state index contributed by atoms with van der Waals surface area (Å²) < 4.78 is 16.4. The number of rotatable bonds is 9. The van der Waals surface area contributed by atoms with Crippen molar-refractivity contribution in [2.24, 2.45) is 0 Å². The highest BCUT2D eigenvalue weighted by atomic mass is 32.1. The Kier molecular flexibility index (Phi) is 7.23. The largest absolute Gasteiger partial charge is 0.490 e. The van der Waals surface area contributed by atoms with Crippen LogP contribution in [0.25, 0.3) is 11.3 Å². The van der Waals surface area contributed by atoms with E-state index in [1.807, 2.05) is 66.0 Å². The van der Waals surface area contributed by atoms with Crippen molar-refractivity contribution < 1.29 is 23.8 Å². The van der Waals surface area contributed by atoms with Crippen LogP contribution >= 0.6 is 11.3 Å². The second-order valence-electron chi connectivity index (χ2n) is 8.12. The van der Waals surface area contributed by atoms with Crippen LogP contribution in [0.2, 0.25) is 0 Å². The minimum absolute atomic E-state index is 0.0855. The SMILES string of the molecule is O=C(CN1C(=O)COc2ccc(-c3csc(Cc4ccccc4)n3)cc21)OCCOc1ccccc1. The molecule has 2 heterocycles. The number of para-hydroxylation sites is 1. The van der Waals surface area contributed by atoms with Crippen LogP contribution < -0.4 is 14.4 Å². The van der Waals surface area contributed by atoms with Crippen molar-refractivity contribution in [3.63, 3.8) is 0 Å². The maximum Gasteiger partial charge on any atom is 0.326 e. The van der Waals surface area contributed by atoms with E-state index in [2.05, 4.69) is 12.1 Å². The van der Waals surface area contributed by atoms with Gasteiger partial charge in [0.05, 0.1) is 16.4 Å². The van der Waals surface area contributed by atoms with Crippen LogP contribution in [0.1, 0.15) is 10.6 Å². The maximum absolute atomic E-state index is 12.6. The average Bonchev–Trinajstić information content (AvgIpc) is 3.38. The predicted molar refractivity (Wildman–Crippen MR) is 138 cm³/mol. The predicted octanol–water partition coefficient (Wildman–Crippen LogP) is 4.75. The molecule has 7 nitrogen and oxygen atoms in total. The summed E-state index contributed by atoms with van der Waals surface area (Å²) in [4.78, 5) is 31.3. The molecular weight excluding hydrogens is 476 g/mol. The molecule has 0 unspecified atom stereocenters. The molecule has 1 aromatic heterocycles. The number of aromatic nitrogens is 1. The molecule has 1 aliphatic rings. The molecule has 5 rings (SSSR count). The Labute approximate surface area is 212 Å². The van der Waals surface area contributed by atoms with Crippen molar-refractivity contribution in [1.82, 2.24) is 4.98 Å². The molecule has 0 saturated heterocycles. The summed E-state index contributed by atoms with van der Waals surface area (Å²) in [5, 5.41) is 3.00. The van der Waals surface area contributed by atoms with E-state index in [4.69, 9.17) is 19.2 Å². The van der Waals surface area contributed by atoms with Gasteiger partial charge in [0.1, 0.15) is 31.3 Å². The van der Waals surface area contributed by atoms with Gasteiger partial charge in [-0.05, 0) is 35.9 Å². The monoisotopic (exact) mass is 500 g/mol. The first kappa shape index (κ1) is 23.6. The third-order valence-corrected chi connectivity index (χ3v) is 6.44. The zero-order valence-corrected chi connectivity index (χ0v) is 20.3. The lowest BCUT2D eigenvalue weighted by Crippen LogP contribution is -2.42. The summed E-state index contributed by atoms with van der Waals surface area (Å²) in [6, 6.07) is 25.0. The van der Waals surface area contributed by atoms with Gasteiger partial charge in [-0.2, -0.15) is 0 Å². The molecule has 0 aliphatic carbocycles. The van der Waals surface area contributed by atoms with Crippen LogP contribution in [-0.4, -0.2) is 43.2 Å². The molecular formula is C28H24N2O5S. The minimum atomic E-state index is -0.517. The highest BCUT2D eigenvalue weighted by molar-refractivity contribution is 7.10. The van der Waals surface area contributed by atoms with Gasteiger partial charge in [0.2, 0.25) is 0 Å². The van der Waals surface area contributed by atoms with Gasteiger partial charge in [0.15, 0.2) is 6.61 Å². The number of anilines is 1. The number of hydrogen-bond donors (Lipinski definition) is 0. The van der Waals surface area contributed by atoms with E-state index in [0.29, 0.717) is 17.2 Å². The van der Waals surface area contributed by atoms with Crippen molar-refractivity contribution in [2.45, 2.75) is 6.42 Å². The third-order valence-electron chi connectivity index (χ3n) is 5.59. The lowest BCUT2D eigenvalue weighted by molar-refractivity contribution is -0.143. The summed E-state index contributed by atoms with van der Waals surface area (Å²) in [5.74, 6) is 0.419. The summed E-state index contributed by atoms with van der Waals surface area (Å²) in [6.07, 6.45) is 0.754. The molecule has 182 valence electrons. The summed E-state index contributed by atoms with van der Waals surface area (Å²) in [6.45, 7) is -0.0279. The molecule has 8 heteroatoms. The molecule has 0 saturated carbocycles. The lowest BCUT2D eigenvalue weighted by atomic mass is 10.1. The summed E-state index contributed by atoms with van der Waals surface area (Å²) in [5.41, 5.74) is 3.38. The minimum Gasteiger partial charge on any atom is -0.490 e. The highest BCUT2D eigenvalue weighted by Gasteiger charge is 2.28. The van der Waals surface area contributed by atoms with Gasteiger partial charge in [-0.3, -0.25) is 14.5 Å². The smallest absolute Gasteiger partial charge is 0.326 e. The highest BCUT2D eigenvalue weighted by Crippen LogP contribution is 2.36. The number of carbonyl (C=O) groups is 2. The first-order valence-corrected chi connectivity index (χ1v) is 12.4. The Hall–Kier alpha value is -4.17. The van der Waals surface area contributed by atoms with E-state index in [1.54, 1.807) is 17.4 Å². The Morgan fingerprint density at radius 3 is 2.58 bits per heavy atom. The quantitative estimate of drug-likeness (QED) is 0.244. The van der Waals surface area contributed by atoms with Crippen LogP contribution in [0.4, 0.5) is 5.69 Å². The number of thiazole rings is 1. The van der Waals surface area contributed by atoms with E-state index in [1.165, 1.54) is 10.5 Å². The number of nitrogens with zero attached hydrogens (tertiary/aromatic N) is 2. The molecule has 0 atom stereocenters. The van der Waals surface area contributed by atoms with Crippen LogP contribution in [0.3, 0.4) is 0 Å². The Bertz CT molecular complexity index is 1340. The Morgan fingerprint density at radius 2 is 1.78 bits per heavy atom. The molecule has 1 amide bonds. The van der Waals surface area contributed by atoms with Crippen LogP contribution in [0, 0.1) is 0 Å². The van der Waals surface area contributed by atoms with Gasteiger partial charge in [-0.15, -0.1) is 11.3 Å². The van der Waals surface area contributed by atoms with Crippen LogP contribution in [0.5, 0.6) is 11.5 Å². The van der Waals surface area contributed by atoms with Crippen molar-refractivity contribution in [2.75, 3.05) is 31.3 Å². The first-order valence-electron chi connectivity index (χ1n) is 11.5. The molecule has 0 bridgehead atoms. The van der Waals surface area contributed by atoms with E-state index in [-0.39, 0.29) is 32.3 Å². The maximum atomic E-state index is 12.6. The van der Waals surface area contributed by atoms with E-state index >= 15 is 0 Å². The zero-order chi connectivity index (χ0) is 24.7.